The van der Waals surface area contributed by atoms with Crippen molar-refractivity contribution < 1.29 is 14.3 Å². The quantitative estimate of drug-likeness (QED) is 0.921. The smallest absolute Gasteiger partial charge is 0.289 e. The first-order valence-corrected chi connectivity index (χ1v) is 7.32. The molecule has 0 aliphatic heterocycles. The second-order valence-electron chi connectivity index (χ2n) is 6.62. The first-order valence-electron chi connectivity index (χ1n) is 7.32. The van der Waals surface area contributed by atoms with Gasteiger partial charge in [-0.1, -0.05) is 18.2 Å². The molecule has 0 saturated carbocycles. The lowest BCUT2D eigenvalue weighted by Gasteiger charge is -2.25. The predicted molar refractivity (Wildman–Crippen MR) is 86.9 cm³/mol. The van der Waals surface area contributed by atoms with Crippen LogP contribution in [0.4, 0.5) is 0 Å². The number of carbonyl (C=O) groups excluding carboxylic acids is 1. The summed E-state index contributed by atoms with van der Waals surface area (Å²) in [4.78, 5) is 16.2. The van der Waals surface area contributed by atoms with Crippen molar-refractivity contribution in [2.45, 2.75) is 26.0 Å². The molecule has 0 spiro atoms. The molecule has 5 heteroatoms. The van der Waals surface area contributed by atoms with Crippen molar-refractivity contribution >= 4 is 16.9 Å². The highest BCUT2D eigenvalue weighted by molar-refractivity contribution is 5.99. The Balaban J connectivity index is 2.43. The summed E-state index contributed by atoms with van der Waals surface area (Å²) >= 11 is 0. The van der Waals surface area contributed by atoms with Crippen molar-refractivity contribution in [3.8, 4) is 0 Å². The second kappa shape index (κ2) is 6.10. The Bertz CT molecular complexity index is 668. The summed E-state index contributed by atoms with van der Waals surface area (Å²) in [6.45, 7) is 4.21. The zero-order valence-corrected chi connectivity index (χ0v) is 13.9. The summed E-state index contributed by atoms with van der Waals surface area (Å²) in [6, 6.07) is 7.65. The number of para-hydroxylation sites is 1. The third-order valence-electron chi connectivity index (χ3n) is 3.34. The minimum absolute atomic E-state index is 0.213. The first-order chi connectivity index (χ1) is 10.2. The molecule has 2 aromatic rings. The lowest BCUT2D eigenvalue weighted by atomic mass is 10.1. The van der Waals surface area contributed by atoms with E-state index >= 15 is 0 Å². The topological polar surface area (TPSA) is 56.9 Å². The molecular weight excluding hydrogens is 280 g/mol. The summed E-state index contributed by atoms with van der Waals surface area (Å²) in [5, 5.41) is 10.9. The van der Waals surface area contributed by atoms with Gasteiger partial charge in [0.1, 0.15) is 5.58 Å². The van der Waals surface area contributed by atoms with E-state index in [9.17, 15) is 9.90 Å². The van der Waals surface area contributed by atoms with Crippen LogP contribution in [0.2, 0.25) is 0 Å². The Kier molecular flexibility index (Phi) is 4.58. The number of fused-ring (bicyclic) bond motifs is 1. The molecule has 0 saturated heterocycles. The molecular formula is C17H24N2O3. The number of nitrogens with zero attached hydrogens (tertiary/aromatic N) is 2. The van der Waals surface area contributed by atoms with Crippen molar-refractivity contribution in [2.75, 3.05) is 27.7 Å². The van der Waals surface area contributed by atoms with Crippen molar-refractivity contribution in [3.05, 3.63) is 35.6 Å². The average molecular weight is 304 g/mol. The van der Waals surface area contributed by atoms with E-state index < -0.39 is 5.60 Å². The minimum Gasteiger partial charge on any atom is -0.451 e. The van der Waals surface area contributed by atoms with Gasteiger partial charge in [0.2, 0.25) is 0 Å². The maximum absolute atomic E-state index is 12.7. The van der Waals surface area contributed by atoms with Crippen LogP contribution in [0, 0.1) is 0 Å². The van der Waals surface area contributed by atoms with Gasteiger partial charge in [0.15, 0.2) is 5.76 Å². The molecule has 0 radical (unpaired) electrons. The number of hydrogen-bond acceptors (Lipinski definition) is 4. The zero-order valence-electron chi connectivity index (χ0n) is 13.9. The fourth-order valence-electron chi connectivity index (χ4n) is 2.57. The third-order valence-corrected chi connectivity index (χ3v) is 3.34. The standard InChI is InChI=1S/C17H24N2O3/c1-17(2,21)11-19(5)16(20)15-13(10-18(3)4)12-8-6-7-9-14(12)22-15/h6-9,21H,10-11H2,1-5H3. The second-order valence-corrected chi connectivity index (χ2v) is 6.62. The molecule has 0 fully saturated rings. The van der Waals surface area contributed by atoms with Crippen LogP contribution in [0.5, 0.6) is 0 Å². The van der Waals surface area contributed by atoms with E-state index in [0.717, 1.165) is 10.9 Å². The molecule has 0 bridgehead atoms. The molecule has 5 nitrogen and oxygen atoms in total. The van der Waals surface area contributed by atoms with Gasteiger partial charge in [-0.3, -0.25) is 4.79 Å². The molecule has 1 heterocycles. The predicted octanol–water partition coefficient (Wildman–Crippen LogP) is 2.34. The number of furan rings is 1. The Morgan fingerprint density at radius 1 is 1.23 bits per heavy atom. The fourth-order valence-corrected chi connectivity index (χ4v) is 2.57. The SMILES string of the molecule is CN(C)Cc1c(C(=O)N(C)CC(C)(C)O)oc2ccccc12. The maximum Gasteiger partial charge on any atom is 0.289 e. The van der Waals surface area contributed by atoms with Crippen LogP contribution in [0.3, 0.4) is 0 Å². The number of likely N-dealkylation sites (N-methyl/N-ethyl adjacent to an activating group) is 1. The molecule has 120 valence electrons. The van der Waals surface area contributed by atoms with Crippen molar-refractivity contribution in [1.29, 1.82) is 0 Å². The lowest BCUT2D eigenvalue weighted by Crippen LogP contribution is -2.40. The van der Waals surface area contributed by atoms with E-state index in [1.54, 1.807) is 20.9 Å². The van der Waals surface area contributed by atoms with Crippen molar-refractivity contribution in [1.82, 2.24) is 9.80 Å². The fraction of sp³-hybridized carbons (Fsp3) is 0.471. The van der Waals surface area contributed by atoms with Crippen LogP contribution >= 0.6 is 0 Å². The highest BCUT2D eigenvalue weighted by Crippen LogP contribution is 2.27. The molecule has 1 amide bonds. The van der Waals surface area contributed by atoms with Gasteiger partial charge in [0.05, 0.1) is 5.60 Å². The van der Waals surface area contributed by atoms with Crippen LogP contribution in [0.15, 0.2) is 28.7 Å². The first kappa shape index (κ1) is 16.5. The highest BCUT2D eigenvalue weighted by Gasteiger charge is 2.26. The Hall–Kier alpha value is -1.85. The van der Waals surface area contributed by atoms with Crippen LogP contribution in [0.25, 0.3) is 11.0 Å². The number of benzene rings is 1. The van der Waals surface area contributed by atoms with Crippen LogP contribution in [0.1, 0.15) is 30.0 Å². The van der Waals surface area contributed by atoms with E-state index in [1.807, 2.05) is 43.3 Å². The average Bonchev–Trinajstić information content (AvgIpc) is 2.74. The molecule has 1 aromatic heterocycles. The number of rotatable bonds is 5. The van der Waals surface area contributed by atoms with Gasteiger partial charge in [-0.15, -0.1) is 0 Å². The Morgan fingerprint density at radius 2 is 1.86 bits per heavy atom. The summed E-state index contributed by atoms with van der Waals surface area (Å²) in [7, 11) is 5.58. The van der Waals surface area contributed by atoms with E-state index in [4.69, 9.17) is 4.42 Å². The van der Waals surface area contributed by atoms with Gasteiger partial charge in [0, 0.05) is 31.1 Å². The molecule has 0 atom stereocenters. The van der Waals surface area contributed by atoms with Gasteiger partial charge < -0.3 is 19.3 Å². The van der Waals surface area contributed by atoms with Gasteiger partial charge in [-0.05, 0) is 34.0 Å². The normalized spacial score (nSPS) is 12.1. The molecule has 2 rings (SSSR count). The largest absolute Gasteiger partial charge is 0.451 e. The summed E-state index contributed by atoms with van der Waals surface area (Å²) in [5.74, 6) is 0.136. The van der Waals surface area contributed by atoms with E-state index in [2.05, 4.69) is 0 Å². The summed E-state index contributed by atoms with van der Waals surface area (Å²) < 4.78 is 5.80. The number of hydrogen-bond donors (Lipinski definition) is 1. The Morgan fingerprint density at radius 3 is 2.45 bits per heavy atom. The Labute approximate surface area is 131 Å². The van der Waals surface area contributed by atoms with Crippen LogP contribution in [-0.4, -0.2) is 54.1 Å². The molecule has 1 aromatic carbocycles. The van der Waals surface area contributed by atoms with Crippen molar-refractivity contribution in [3.63, 3.8) is 0 Å². The van der Waals surface area contributed by atoms with E-state index in [-0.39, 0.29) is 12.5 Å². The lowest BCUT2D eigenvalue weighted by molar-refractivity contribution is 0.0352. The highest BCUT2D eigenvalue weighted by atomic mass is 16.3. The van der Waals surface area contributed by atoms with Crippen LogP contribution < -0.4 is 0 Å². The van der Waals surface area contributed by atoms with Gasteiger partial charge >= 0.3 is 0 Å². The van der Waals surface area contributed by atoms with Gasteiger partial charge in [0.25, 0.3) is 5.91 Å². The minimum atomic E-state index is -0.946. The summed E-state index contributed by atoms with van der Waals surface area (Å²) in [5.41, 5.74) is 0.644. The molecule has 0 aliphatic carbocycles. The van der Waals surface area contributed by atoms with Crippen molar-refractivity contribution in [2.24, 2.45) is 0 Å². The zero-order chi connectivity index (χ0) is 16.5. The number of aliphatic hydroxyl groups is 1. The third kappa shape index (κ3) is 3.67. The van der Waals surface area contributed by atoms with Gasteiger partial charge in [-0.25, -0.2) is 0 Å². The van der Waals surface area contributed by atoms with E-state index in [0.29, 0.717) is 17.9 Å². The molecule has 22 heavy (non-hydrogen) atoms. The monoisotopic (exact) mass is 304 g/mol. The number of amides is 1. The summed E-state index contributed by atoms with van der Waals surface area (Å²) in [6.07, 6.45) is 0. The van der Waals surface area contributed by atoms with Crippen LogP contribution in [-0.2, 0) is 6.54 Å². The number of carbonyl (C=O) groups is 1. The van der Waals surface area contributed by atoms with E-state index in [1.165, 1.54) is 4.90 Å². The molecule has 0 aliphatic rings. The molecule has 1 N–H and O–H groups in total. The van der Waals surface area contributed by atoms with Gasteiger partial charge in [-0.2, -0.15) is 0 Å². The molecule has 0 unspecified atom stereocenters. The maximum atomic E-state index is 12.7.